The molecule has 0 aliphatic heterocycles. The summed E-state index contributed by atoms with van der Waals surface area (Å²) < 4.78 is 4.74. The van der Waals surface area contributed by atoms with Crippen LogP contribution in [0.3, 0.4) is 0 Å². The summed E-state index contributed by atoms with van der Waals surface area (Å²) in [5, 5.41) is 13.8. The number of hydrogen-bond donors (Lipinski definition) is 0. The Labute approximate surface area is 280 Å². The number of fused-ring (bicyclic) bond motifs is 6. The molecule has 3 heteroatoms. The minimum Gasteiger partial charge on any atom is -0.309 e. The van der Waals surface area contributed by atoms with E-state index in [4.69, 9.17) is 0 Å². The van der Waals surface area contributed by atoms with Crippen LogP contribution in [0.5, 0.6) is 0 Å². The molecule has 0 atom stereocenters. The largest absolute Gasteiger partial charge is 0.309 e. The van der Waals surface area contributed by atoms with Gasteiger partial charge in [-0.05, 0) is 97.5 Å². The van der Waals surface area contributed by atoms with Crippen LogP contribution in [0.1, 0.15) is 34.4 Å². The van der Waals surface area contributed by atoms with Crippen LogP contribution in [-0.4, -0.2) is 9.13 Å². The Bertz CT molecular complexity index is 2640. The van der Waals surface area contributed by atoms with Gasteiger partial charge in [0.05, 0.1) is 27.8 Å². The first-order valence-electron chi connectivity index (χ1n) is 16.7. The summed E-state index contributed by atoms with van der Waals surface area (Å²) in [4.78, 5) is 0. The molecule has 0 saturated carbocycles. The fraction of sp³-hybridized carbons (Fsp3) is 0.0889. The lowest BCUT2D eigenvalue weighted by Gasteiger charge is -2.16. The van der Waals surface area contributed by atoms with Gasteiger partial charge in [0.1, 0.15) is 6.07 Å². The molecule has 1 aliphatic rings. The lowest BCUT2D eigenvalue weighted by Crippen LogP contribution is -2.01. The average molecular weight is 616 g/mol. The molecule has 0 N–H and O–H groups in total. The van der Waals surface area contributed by atoms with Crippen molar-refractivity contribution in [2.24, 2.45) is 0 Å². The fourth-order valence-electron chi connectivity index (χ4n) is 7.85. The van der Waals surface area contributed by atoms with E-state index >= 15 is 0 Å². The van der Waals surface area contributed by atoms with Gasteiger partial charge in [-0.2, -0.15) is 5.26 Å². The Morgan fingerprint density at radius 1 is 0.604 bits per heavy atom. The Morgan fingerprint density at radius 3 is 2.15 bits per heavy atom. The van der Waals surface area contributed by atoms with Crippen molar-refractivity contribution in [3.63, 3.8) is 0 Å². The predicted molar refractivity (Wildman–Crippen MR) is 200 cm³/mol. The van der Waals surface area contributed by atoms with E-state index in [2.05, 4.69) is 144 Å². The molecule has 8 aromatic rings. The molecular weight excluding hydrogens is 583 g/mol. The molecule has 0 unspecified atom stereocenters. The summed E-state index contributed by atoms with van der Waals surface area (Å²) in [7, 11) is 0. The SMILES string of the molecule is Cc1ccc(-n2c3c(c4cccc(-c5ccccc5-c5cccc6c5c5cc(C)ccc5n6-c5ccccc5C#N)c42)CCC=C3)cc1. The van der Waals surface area contributed by atoms with Crippen molar-refractivity contribution in [2.75, 3.05) is 0 Å². The molecule has 1 aliphatic carbocycles. The molecule has 48 heavy (non-hydrogen) atoms. The fourth-order valence-corrected chi connectivity index (χ4v) is 7.85. The van der Waals surface area contributed by atoms with Gasteiger partial charge >= 0.3 is 0 Å². The second-order valence-corrected chi connectivity index (χ2v) is 12.9. The molecule has 0 spiro atoms. The van der Waals surface area contributed by atoms with Crippen LogP contribution in [0.25, 0.3) is 72.4 Å². The number of para-hydroxylation sites is 2. The highest BCUT2D eigenvalue weighted by molar-refractivity contribution is 6.17. The van der Waals surface area contributed by atoms with Gasteiger partial charge in [-0.3, -0.25) is 0 Å². The molecule has 0 amide bonds. The van der Waals surface area contributed by atoms with Gasteiger partial charge in [-0.15, -0.1) is 0 Å². The Balaban J connectivity index is 1.37. The standard InChI is InChI=1S/C45H33N3/c1-29-21-24-32(25-22-29)47-41-19-8-6-14-35(41)38-17-9-16-37(45(38)47)34-13-5-4-12-33(34)36-15-10-20-43-44(36)39-27-30(2)23-26-42(39)48(43)40-18-7-3-11-31(40)28-46/h3-5,7-13,15-27H,6,14H2,1-2H3. The second-order valence-electron chi connectivity index (χ2n) is 12.9. The summed E-state index contributed by atoms with van der Waals surface area (Å²) in [5.74, 6) is 0. The van der Waals surface area contributed by atoms with Crippen molar-refractivity contribution in [1.29, 1.82) is 5.26 Å². The Kier molecular flexibility index (Phi) is 6.45. The lowest BCUT2D eigenvalue weighted by atomic mass is 9.90. The number of nitrogens with zero attached hydrogens (tertiary/aromatic N) is 3. The highest BCUT2D eigenvalue weighted by Crippen LogP contribution is 2.45. The van der Waals surface area contributed by atoms with Gasteiger partial charge in [0, 0.05) is 33.1 Å². The minimum atomic E-state index is 0.657. The van der Waals surface area contributed by atoms with Gasteiger partial charge < -0.3 is 9.13 Å². The van der Waals surface area contributed by atoms with Crippen LogP contribution < -0.4 is 0 Å². The third-order valence-corrected chi connectivity index (χ3v) is 9.98. The smallest absolute Gasteiger partial charge is 0.101 e. The van der Waals surface area contributed by atoms with Crippen molar-refractivity contribution in [2.45, 2.75) is 26.7 Å². The van der Waals surface area contributed by atoms with Crippen LogP contribution in [-0.2, 0) is 6.42 Å². The highest BCUT2D eigenvalue weighted by Gasteiger charge is 2.24. The third kappa shape index (κ3) is 4.20. The van der Waals surface area contributed by atoms with Crippen LogP contribution in [0.2, 0.25) is 0 Å². The molecule has 2 heterocycles. The summed E-state index contributed by atoms with van der Waals surface area (Å²) >= 11 is 0. The van der Waals surface area contributed by atoms with Crippen LogP contribution in [0.15, 0.2) is 133 Å². The van der Waals surface area contributed by atoms with E-state index in [1.807, 2.05) is 24.3 Å². The van der Waals surface area contributed by atoms with E-state index in [1.54, 1.807) is 0 Å². The second kappa shape index (κ2) is 11.0. The van der Waals surface area contributed by atoms with Crippen molar-refractivity contribution < 1.29 is 0 Å². The molecule has 3 nitrogen and oxygen atoms in total. The Hall–Kier alpha value is -6.11. The summed E-state index contributed by atoms with van der Waals surface area (Å²) in [6.07, 6.45) is 6.71. The lowest BCUT2D eigenvalue weighted by molar-refractivity contribution is 0.967. The average Bonchev–Trinajstić information content (AvgIpc) is 3.65. The van der Waals surface area contributed by atoms with E-state index in [-0.39, 0.29) is 0 Å². The monoisotopic (exact) mass is 615 g/mol. The number of nitriles is 1. The van der Waals surface area contributed by atoms with Crippen molar-refractivity contribution in [1.82, 2.24) is 9.13 Å². The number of aryl methyl sites for hydroxylation is 3. The van der Waals surface area contributed by atoms with Gasteiger partial charge in [0.2, 0.25) is 0 Å². The zero-order chi connectivity index (χ0) is 32.4. The number of hydrogen-bond acceptors (Lipinski definition) is 1. The highest BCUT2D eigenvalue weighted by atomic mass is 15.0. The first-order chi connectivity index (χ1) is 23.6. The van der Waals surface area contributed by atoms with Crippen LogP contribution >= 0.6 is 0 Å². The molecule has 9 rings (SSSR count). The maximum atomic E-state index is 10.1. The van der Waals surface area contributed by atoms with Crippen molar-refractivity contribution in [3.05, 3.63) is 161 Å². The van der Waals surface area contributed by atoms with E-state index in [1.165, 1.54) is 72.0 Å². The third-order valence-electron chi connectivity index (χ3n) is 9.98. The first-order valence-corrected chi connectivity index (χ1v) is 16.7. The van der Waals surface area contributed by atoms with E-state index in [0.717, 1.165) is 29.6 Å². The molecule has 0 saturated heterocycles. The molecule has 6 aromatic carbocycles. The predicted octanol–water partition coefficient (Wildman–Crippen LogP) is 11.5. The van der Waals surface area contributed by atoms with E-state index in [9.17, 15) is 5.26 Å². The van der Waals surface area contributed by atoms with Crippen LogP contribution in [0.4, 0.5) is 0 Å². The molecule has 2 aromatic heterocycles. The normalized spacial score (nSPS) is 12.5. The molecule has 228 valence electrons. The maximum Gasteiger partial charge on any atom is 0.101 e. The summed E-state index contributed by atoms with van der Waals surface area (Å²) in [6, 6.07) is 48.2. The number of aromatic nitrogens is 2. The van der Waals surface area contributed by atoms with Gasteiger partial charge in [0.15, 0.2) is 0 Å². The zero-order valence-corrected chi connectivity index (χ0v) is 27.0. The van der Waals surface area contributed by atoms with Gasteiger partial charge in [-0.25, -0.2) is 0 Å². The molecular formula is C45H33N3. The van der Waals surface area contributed by atoms with E-state index in [0.29, 0.717) is 5.56 Å². The summed E-state index contributed by atoms with van der Waals surface area (Å²) in [5.41, 5.74) is 16.1. The van der Waals surface area contributed by atoms with Gasteiger partial charge in [0.25, 0.3) is 0 Å². The molecule has 0 radical (unpaired) electrons. The van der Waals surface area contributed by atoms with Crippen molar-refractivity contribution >= 4 is 38.8 Å². The van der Waals surface area contributed by atoms with Crippen molar-refractivity contribution in [3.8, 4) is 39.7 Å². The number of benzene rings is 6. The van der Waals surface area contributed by atoms with Crippen LogP contribution in [0, 0.1) is 25.2 Å². The number of rotatable bonds is 4. The summed E-state index contributed by atoms with van der Waals surface area (Å²) in [6.45, 7) is 4.30. The maximum absolute atomic E-state index is 10.1. The zero-order valence-electron chi connectivity index (χ0n) is 27.0. The topological polar surface area (TPSA) is 33.6 Å². The quantitative estimate of drug-likeness (QED) is 0.194. The molecule has 0 fully saturated rings. The van der Waals surface area contributed by atoms with E-state index < -0.39 is 0 Å². The van der Waals surface area contributed by atoms with Gasteiger partial charge in [-0.1, -0.05) is 102 Å². The Morgan fingerprint density at radius 2 is 1.31 bits per heavy atom. The minimum absolute atomic E-state index is 0.657. The number of allylic oxidation sites excluding steroid dienone is 1. The molecule has 0 bridgehead atoms. The first kappa shape index (κ1) is 28.1.